The molecule has 0 amide bonds. The van der Waals surface area contributed by atoms with Gasteiger partial charge in [-0.05, 0) is 46.4 Å². The molecule has 0 bridgehead atoms. The molecule has 9 heteroatoms. The van der Waals surface area contributed by atoms with Crippen molar-refractivity contribution in [3.8, 4) is 0 Å². The van der Waals surface area contributed by atoms with E-state index in [2.05, 4.69) is 36.5 Å². The van der Waals surface area contributed by atoms with Crippen LogP contribution >= 0.6 is 27.5 Å². The second-order valence-corrected chi connectivity index (χ2v) is 7.42. The molecule has 1 unspecified atom stereocenters. The molecule has 2 aliphatic heterocycles. The van der Waals surface area contributed by atoms with Crippen molar-refractivity contribution in [2.24, 2.45) is 0 Å². The summed E-state index contributed by atoms with van der Waals surface area (Å²) in [5.74, 6) is -0.967. The maximum Gasteiger partial charge on any atom is 0.225 e. The van der Waals surface area contributed by atoms with Gasteiger partial charge in [-0.25, -0.2) is 13.8 Å². The van der Waals surface area contributed by atoms with Gasteiger partial charge in [0.1, 0.15) is 17.2 Å². The van der Waals surface area contributed by atoms with Crippen LogP contribution < -0.4 is 15.5 Å². The Labute approximate surface area is 150 Å². The van der Waals surface area contributed by atoms with Crippen molar-refractivity contribution in [1.82, 2.24) is 20.6 Å². The van der Waals surface area contributed by atoms with E-state index in [4.69, 9.17) is 11.6 Å². The predicted octanol–water partition coefficient (Wildman–Crippen LogP) is 2.81. The number of nitrogens with one attached hydrogen (secondary N) is 2. The summed E-state index contributed by atoms with van der Waals surface area (Å²) in [7, 11) is 0. The van der Waals surface area contributed by atoms with Crippen LogP contribution in [0.5, 0.6) is 0 Å². The monoisotopic (exact) mass is 417 g/mol. The zero-order valence-electron chi connectivity index (χ0n) is 12.7. The fraction of sp³-hybridized carbons (Fsp3) is 0.467. The van der Waals surface area contributed by atoms with Crippen molar-refractivity contribution in [2.45, 2.75) is 18.4 Å². The number of halogens is 4. The van der Waals surface area contributed by atoms with E-state index in [9.17, 15) is 8.78 Å². The second-order valence-electron chi connectivity index (χ2n) is 6.28. The number of hydrogen-bond donors (Lipinski definition) is 2. The maximum atomic E-state index is 14.4. The lowest BCUT2D eigenvalue weighted by Crippen LogP contribution is -2.56. The molecule has 3 heterocycles. The Morgan fingerprint density at radius 3 is 2.92 bits per heavy atom. The van der Waals surface area contributed by atoms with Gasteiger partial charge in [-0.15, -0.1) is 0 Å². The Balaban J connectivity index is 1.84. The van der Waals surface area contributed by atoms with E-state index < -0.39 is 11.6 Å². The smallest absolute Gasteiger partial charge is 0.225 e. The predicted molar refractivity (Wildman–Crippen MR) is 92.3 cm³/mol. The Morgan fingerprint density at radius 1 is 1.33 bits per heavy atom. The largest absolute Gasteiger partial charge is 0.354 e. The summed E-state index contributed by atoms with van der Waals surface area (Å²) in [6.07, 6.45) is 2.00. The van der Waals surface area contributed by atoms with Crippen molar-refractivity contribution >= 4 is 44.3 Å². The summed E-state index contributed by atoms with van der Waals surface area (Å²) >= 11 is 8.91. The van der Waals surface area contributed by atoms with Gasteiger partial charge < -0.3 is 10.2 Å². The van der Waals surface area contributed by atoms with E-state index >= 15 is 0 Å². The van der Waals surface area contributed by atoms with Gasteiger partial charge in [-0.1, -0.05) is 0 Å². The Hall–Kier alpha value is -1.09. The molecular formula is C15H15BrClF2N5. The summed E-state index contributed by atoms with van der Waals surface area (Å²) in [4.78, 5) is 10.3. The fourth-order valence-electron chi connectivity index (χ4n) is 3.59. The molecule has 0 aliphatic carbocycles. The van der Waals surface area contributed by atoms with E-state index in [0.717, 1.165) is 32.6 Å². The summed E-state index contributed by atoms with van der Waals surface area (Å²) in [6.45, 7) is 3.07. The first-order valence-electron chi connectivity index (χ1n) is 7.71. The van der Waals surface area contributed by atoms with Crippen LogP contribution in [0.1, 0.15) is 12.8 Å². The number of aromatic nitrogens is 2. The Bertz CT molecular complexity index is 812. The number of fused-ring (bicyclic) bond motifs is 1. The molecule has 128 valence electrons. The highest BCUT2D eigenvalue weighted by Gasteiger charge is 2.38. The summed E-state index contributed by atoms with van der Waals surface area (Å²) in [6, 6.07) is 1.26. The molecule has 1 aromatic heterocycles. The third-order valence-corrected chi connectivity index (χ3v) is 5.60. The average molecular weight is 419 g/mol. The summed E-state index contributed by atoms with van der Waals surface area (Å²) in [5.41, 5.74) is -0.0236. The molecule has 1 atom stereocenters. The number of benzene rings is 1. The summed E-state index contributed by atoms with van der Waals surface area (Å²) in [5, 5.41) is 7.07. The lowest BCUT2D eigenvalue weighted by atomic mass is 9.90. The van der Waals surface area contributed by atoms with Gasteiger partial charge in [0.2, 0.25) is 5.28 Å². The second kappa shape index (κ2) is 6.01. The molecule has 0 saturated carbocycles. The number of hydrogen-bond acceptors (Lipinski definition) is 5. The molecule has 4 rings (SSSR count). The van der Waals surface area contributed by atoms with Gasteiger partial charge in [0.15, 0.2) is 5.82 Å². The molecule has 2 saturated heterocycles. The minimum absolute atomic E-state index is 0.0235. The molecule has 0 radical (unpaired) electrons. The van der Waals surface area contributed by atoms with Crippen LogP contribution in [-0.4, -0.2) is 41.8 Å². The Morgan fingerprint density at radius 2 is 2.17 bits per heavy atom. The third-order valence-electron chi connectivity index (χ3n) is 4.71. The van der Waals surface area contributed by atoms with Crippen LogP contribution in [0.4, 0.5) is 14.6 Å². The maximum absolute atomic E-state index is 14.4. The van der Waals surface area contributed by atoms with Crippen molar-refractivity contribution in [1.29, 1.82) is 0 Å². The topological polar surface area (TPSA) is 53.1 Å². The van der Waals surface area contributed by atoms with E-state index in [1.807, 2.05) is 4.90 Å². The first kappa shape index (κ1) is 16.4. The lowest BCUT2D eigenvalue weighted by Gasteiger charge is -2.41. The first-order chi connectivity index (χ1) is 11.5. The highest BCUT2D eigenvalue weighted by atomic mass is 79.9. The van der Waals surface area contributed by atoms with Crippen molar-refractivity contribution < 1.29 is 8.78 Å². The molecule has 2 N–H and O–H groups in total. The lowest BCUT2D eigenvalue weighted by molar-refractivity contribution is 0.325. The normalized spacial score (nSPS) is 24.2. The standard InChI is InChI=1S/C15H15BrClF2N5/c16-10-9(18)4-8-12(11(10)19)22-14(17)23-13(8)24-3-1-2-15(6-24)5-20-7-21-15/h4,20-21H,1-3,5-7H2. The zero-order chi connectivity index (χ0) is 16.9. The van der Waals surface area contributed by atoms with Gasteiger partial charge in [0, 0.05) is 37.2 Å². The minimum Gasteiger partial charge on any atom is -0.354 e. The SMILES string of the molecule is Fc1cc2c(N3CCCC4(CNCN4)C3)nc(Cl)nc2c(F)c1Br. The quantitative estimate of drug-likeness (QED) is 0.551. The van der Waals surface area contributed by atoms with Crippen LogP contribution in [0.3, 0.4) is 0 Å². The number of piperidine rings is 1. The Kier molecular flexibility index (Phi) is 4.11. The van der Waals surface area contributed by atoms with Crippen molar-refractivity contribution in [2.75, 3.05) is 31.2 Å². The van der Waals surface area contributed by atoms with Crippen molar-refractivity contribution in [3.05, 3.63) is 27.5 Å². The van der Waals surface area contributed by atoms with E-state index in [1.54, 1.807) is 0 Å². The van der Waals surface area contributed by atoms with E-state index in [1.165, 1.54) is 6.07 Å². The highest BCUT2D eigenvalue weighted by molar-refractivity contribution is 9.10. The third kappa shape index (κ3) is 2.65. The van der Waals surface area contributed by atoms with Crippen LogP contribution in [0, 0.1) is 11.6 Å². The van der Waals surface area contributed by atoms with Gasteiger partial charge in [0.05, 0.1) is 4.47 Å². The minimum atomic E-state index is -0.761. The number of rotatable bonds is 1. The molecule has 1 aromatic carbocycles. The van der Waals surface area contributed by atoms with Gasteiger partial charge in [0.25, 0.3) is 0 Å². The van der Waals surface area contributed by atoms with Gasteiger partial charge in [-0.2, -0.15) is 4.98 Å². The van der Waals surface area contributed by atoms with Gasteiger partial charge >= 0.3 is 0 Å². The van der Waals surface area contributed by atoms with Crippen LogP contribution in [0.25, 0.3) is 10.9 Å². The molecule has 1 spiro atoms. The van der Waals surface area contributed by atoms with E-state index in [0.29, 0.717) is 17.7 Å². The van der Waals surface area contributed by atoms with E-state index in [-0.39, 0.29) is 20.8 Å². The fourth-order valence-corrected chi connectivity index (χ4v) is 4.05. The molecule has 2 aromatic rings. The highest BCUT2D eigenvalue weighted by Crippen LogP contribution is 2.35. The number of anilines is 1. The molecule has 2 aliphatic rings. The molecular weight excluding hydrogens is 404 g/mol. The summed E-state index contributed by atoms with van der Waals surface area (Å²) < 4.78 is 28.2. The number of nitrogens with zero attached hydrogens (tertiary/aromatic N) is 3. The van der Waals surface area contributed by atoms with Crippen LogP contribution in [-0.2, 0) is 0 Å². The molecule has 24 heavy (non-hydrogen) atoms. The van der Waals surface area contributed by atoms with Crippen LogP contribution in [0.15, 0.2) is 10.5 Å². The zero-order valence-corrected chi connectivity index (χ0v) is 15.0. The van der Waals surface area contributed by atoms with Crippen molar-refractivity contribution in [3.63, 3.8) is 0 Å². The molecule has 2 fully saturated rings. The van der Waals surface area contributed by atoms with Gasteiger partial charge in [-0.3, -0.25) is 5.32 Å². The average Bonchev–Trinajstić information content (AvgIpc) is 3.01. The first-order valence-corrected chi connectivity index (χ1v) is 8.88. The van der Waals surface area contributed by atoms with Crippen LogP contribution in [0.2, 0.25) is 5.28 Å². The molecule has 5 nitrogen and oxygen atoms in total.